The molecule has 1 atom stereocenters. The largest absolute Gasteiger partial charge is 0.394 e. The van der Waals surface area contributed by atoms with Crippen molar-refractivity contribution >= 4 is 11.8 Å². The number of hydrogen-bond acceptors (Lipinski definition) is 3. The minimum Gasteiger partial charge on any atom is -0.394 e. The molecule has 2 nitrogen and oxygen atoms in total. The summed E-state index contributed by atoms with van der Waals surface area (Å²) in [6.45, 7) is -0.0226. The van der Waals surface area contributed by atoms with Gasteiger partial charge in [-0.3, -0.25) is 0 Å². The quantitative estimate of drug-likeness (QED) is 0.870. The third kappa shape index (κ3) is 3.33. The molecule has 0 aliphatic heterocycles. The van der Waals surface area contributed by atoms with Gasteiger partial charge in [0.1, 0.15) is 0 Å². The second kappa shape index (κ2) is 5.87. The SMILES string of the molecule is N[C@@H](CO)c1ccc(Sc2ccccc2)cc1. The van der Waals surface area contributed by atoms with Crippen molar-refractivity contribution in [2.75, 3.05) is 6.61 Å². The first-order valence-corrected chi connectivity index (χ1v) is 6.30. The third-order valence-electron chi connectivity index (χ3n) is 2.48. The topological polar surface area (TPSA) is 46.2 Å². The Hall–Kier alpha value is -1.29. The highest BCUT2D eigenvalue weighted by Crippen LogP contribution is 2.27. The highest BCUT2D eigenvalue weighted by Gasteiger charge is 2.04. The summed E-state index contributed by atoms with van der Waals surface area (Å²) >= 11 is 1.71. The number of aliphatic hydroxyl groups excluding tert-OH is 1. The minimum absolute atomic E-state index is 0.0226. The van der Waals surface area contributed by atoms with E-state index in [1.54, 1.807) is 11.8 Å². The predicted molar refractivity (Wildman–Crippen MR) is 71.0 cm³/mol. The molecule has 0 saturated carbocycles. The Morgan fingerprint density at radius 1 is 0.941 bits per heavy atom. The van der Waals surface area contributed by atoms with Crippen LogP contribution < -0.4 is 5.73 Å². The summed E-state index contributed by atoms with van der Waals surface area (Å²) < 4.78 is 0. The van der Waals surface area contributed by atoms with Gasteiger partial charge >= 0.3 is 0 Å². The van der Waals surface area contributed by atoms with Crippen molar-refractivity contribution in [2.45, 2.75) is 15.8 Å². The molecule has 0 aliphatic carbocycles. The fraction of sp³-hybridized carbons (Fsp3) is 0.143. The van der Waals surface area contributed by atoms with Crippen LogP contribution in [-0.4, -0.2) is 11.7 Å². The van der Waals surface area contributed by atoms with Crippen LogP contribution in [0.4, 0.5) is 0 Å². The summed E-state index contributed by atoms with van der Waals surface area (Å²) in [5.41, 5.74) is 6.70. The maximum atomic E-state index is 8.96. The maximum absolute atomic E-state index is 8.96. The number of nitrogens with two attached hydrogens (primary N) is 1. The Bertz CT molecular complexity index is 455. The number of benzene rings is 2. The van der Waals surface area contributed by atoms with Crippen LogP contribution >= 0.6 is 11.8 Å². The fourth-order valence-corrected chi connectivity index (χ4v) is 2.35. The smallest absolute Gasteiger partial charge is 0.0624 e. The molecule has 2 aromatic carbocycles. The molecule has 17 heavy (non-hydrogen) atoms. The first kappa shape index (κ1) is 12.2. The zero-order valence-electron chi connectivity index (χ0n) is 9.41. The Morgan fingerprint density at radius 2 is 1.53 bits per heavy atom. The Balaban J connectivity index is 2.08. The molecule has 0 radical (unpaired) electrons. The van der Waals surface area contributed by atoms with Crippen molar-refractivity contribution in [3.8, 4) is 0 Å². The Morgan fingerprint density at radius 3 is 2.12 bits per heavy atom. The van der Waals surface area contributed by atoms with Gasteiger partial charge in [0.25, 0.3) is 0 Å². The monoisotopic (exact) mass is 245 g/mol. The molecule has 0 aromatic heterocycles. The highest BCUT2D eigenvalue weighted by molar-refractivity contribution is 7.99. The average Bonchev–Trinajstić information content (AvgIpc) is 2.40. The summed E-state index contributed by atoms with van der Waals surface area (Å²) in [6, 6.07) is 17.9. The minimum atomic E-state index is -0.286. The van der Waals surface area contributed by atoms with Crippen LogP contribution in [0.5, 0.6) is 0 Å². The molecule has 0 amide bonds. The summed E-state index contributed by atoms with van der Waals surface area (Å²) in [4.78, 5) is 2.39. The van der Waals surface area contributed by atoms with E-state index in [9.17, 15) is 0 Å². The fourth-order valence-electron chi connectivity index (χ4n) is 1.51. The number of aliphatic hydroxyl groups is 1. The van der Waals surface area contributed by atoms with E-state index < -0.39 is 0 Å². The third-order valence-corrected chi connectivity index (χ3v) is 3.50. The lowest BCUT2D eigenvalue weighted by atomic mass is 10.1. The van der Waals surface area contributed by atoms with Crippen molar-refractivity contribution < 1.29 is 5.11 Å². The van der Waals surface area contributed by atoms with Gasteiger partial charge in [-0.15, -0.1) is 0 Å². The van der Waals surface area contributed by atoms with E-state index in [0.717, 1.165) is 5.56 Å². The van der Waals surface area contributed by atoms with Gasteiger partial charge in [-0.25, -0.2) is 0 Å². The van der Waals surface area contributed by atoms with Gasteiger partial charge in [0, 0.05) is 9.79 Å². The lowest BCUT2D eigenvalue weighted by Crippen LogP contribution is -2.13. The first-order chi connectivity index (χ1) is 8.29. The summed E-state index contributed by atoms with van der Waals surface area (Å²) in [5.74, 6) is 0. The lowest BCUT2D eigenvalue weighted by Gasteiger charge is -2.09. The molecule has 88 valence electrons. The van der Waals surface area contributed by atoms with E-state index in [1.807, 2.05) is 42.5 Å². The molecule has 2 aromatic rings. The highest BCUT2D eigenvalue weighted by atomic mass is 32.2. The first-order valence-electron chi connectivity index (χ1n) is 5.49. The van der Waals surface area contributed by atoms with Crippen LogP contribution in [0.1, 0.15) is 11.6 Å². The number of rotatable bonds is 4. The van der Waals surface area contributed by atoms with Gasteiger partial charge in [0.15, 0.2) is 0 Å². The average molecular weight is 245 g/mol. The molecule has 0 heterocycles. The predicted octanol–water partition coefficient (Wildman–Crippen LogP) is 2.83. The van der Waals surface area contributed by atoms with E-state index in [4.69, 9.17) is 10.8 Å². The van der Waals surface area contributed by atoms with Gasteiger partial charge in [-0.2, -0.15) is 0 Å². The zero-order chi connectivity index (χ0) is 12.1. The van der Waals surface area contributed by atoms with Crippen LogP contribution in [0.3, 0.4) is 0 Å². The van der Waals surface area contributed by atoms with E-state index in [-0.39, 0.29) is 12.6 Å². The second-order valence-corrected chi connectivity index (χ2v) is 4.92. The van der Waals surface area contributed by atoms with Gasteiger partial charge in [0.2, 0.25) is 0 Å². The van der Waals surface area contributed by atoms with Crippen molar-refractivity contribution in [3.05, 3.63) is 60.2 Å². The van der Waals surface area contributed by atoms with Crippen molar-refractivity contribution in [1.29, 1.82) is 0 Å². The summed E-state index contributed by atoms with van der Waals surface area (Å²) in [7, 11) is 0. The van der Waals surface area contributed by atoms with E-state index in [2.05, 4.69) is 12.1 Å². The van der Waals surface area contributed by atoms with Crippen LogP contribution in [0.2, 0.25) is 0 Å². The van der Waals surface area contributed by atoms with Gasteiger partial charge in [0.05, 0.1) is 12.6 Å². The number of hydrogen-bond donors (Lipinski definition) is 2. The molecule has 2 rings (SSSR count). The van der Waals surface area contributed by atoms with Crippen LogP contribution in [-0.2, 0) is 0 Å². The van der Waals surface area contributed by atoms with Crippen LogP contribution in [0.15, 0.2) is 64.4 Å². The molecular weight excluding hydrogens is 230 g/mol. The van der Waals surface area contributed by atoms with Gasteiger partial charge in [-0.05, 0) is 29.8 Å². The second-order valence-electron chi connectivity index (χ2n) is 3.77. The van der Waals surface area contributed by atoms with Crippen LogP contribution in [0, 0.1) is 0 Å². The molecule has 3 N–H and O–H groups in total. The molecule has 0 spiro atoms. The molecule has 0 unspecified atom stereocenters. The Labute approximate surface area is 105 Å². The van der Waals surface area contributed by atoms with Gasteiger partial charge < -0.3 is 10.8 Å². The standard InChI is InChI=1S/C14H15NOS/c15-14(10-16)11-6-8-13(9-7-11)17-12-4-2-1-3-5-12/h1-9,14,16H,10,15H2/t14-/m0/s1. The normalized spacial score (nSPS) is 12.4. The molecule has 0 fully saturated rings. The van der Waals surface area contributed by atoms with Crippen molar-refractivity contribution in [3.63, 3.8) is 0 Å². The molecule has 0 aliphatic rings. The molecular formula is C14H15NOS. The van der Waals surface area contributed by atoms with Crippen LogP contribution in [0.25, 0.3) is 0 Å². The lowest BCUT2D eigenvalue weighted by molar-refractivity contribution is 0.268. The van der Waals surface area contributed by atoms with E-state index in [0.29, 0.717) is 0 Å². The molecule has 0 bridgehead atoms. The summed E-state index contributed by atoms with van der Waals surface area (Å²) in [5, 5.41) is 8.96. The van der Waals surface area contributed by atoms with Gasteiger partial charge in [-0.1, -0.05) is 42.1 Å². The summed E-state index contributed by atoms with van der Waals surface area (Å²) in [6.07, 6.45) is 0. The van der Waals surface area contributed by atoms with Crippen molar-refractivity contribution in [1.82, 2.24) is 0 Å². The van der Waals surface area contributed by atoms with E-state index in [1.165, 1.54) is 9.79 Å². The zero-order valence-corrected chi connectivity index (χ0v) is 10.2. The van der Waals surface area contributed by atoms with E-state index >= 15 is 0 Å². The maximum Gasteiger partial charge on any atom is 0.0624 e. The molecule has 0 saturated heterocycles. The molecule has 3 heteroatoms. The van der Waals surface area contributed by atoms with Crippen molar-refractivity contribution in [2.24, 2.45) is 5.73 Å². The Kier molecular flexibility index (Phi) is 4.20.